The number of anilines is 1. The third kappa shape index (κ3) is 3.24. The van der Waals surface area contributed by atoms with Crippen molar-refractivity contribution in [2.45, 2.75) is 38.1 Å². The number of ether oxygens (including phenoxy) is 2. The predicted octanol–water partition coefficient (Wildman–Crippen LogP) is 2.68. The number of hydrogen-bond donors (Lipinski definition) is 2. The summed E-state index contributed by atoms with van der Waals surface area (Å²) in [6.45, 7) is 2.20. The molecule has 21 heavy (non-hydrogen) atoms. The van der Waals surface area contributed by atoms with Gasteiger partial charge in [-0.05, 0) is 31.9 Å². The second-order valence-corrected chi connectivity index (χ2v) is 5.86. The summed E-state index contributed by atoms with van der Waals surface area (Å²) in [5.74, 6) is 1.24. The highest BCUT2D eigenvalue weighted by molar-refractivity contribution is 5.93. The van der Waals surface area contributed by atoms with E-state index in [2.05, 4.69) is 5.32 Å². The summed E-state index contributed by atoms with van der Waals surface area (Å²) in [5.41, 5.74) is 6.57. The molecular formula is C15H21ClN2O3. The fourth-order valence-electron chi connectivity index (χ4n) is 2.99. The maximum absolute atomic E-state index is 12.4. The number of carbonyl (C=O) groups is 1. The summed E-state index contributed by atoms with van der Waals surface area (Å²) in [7, 11) is 0. The van der Waals surface area contributed by atoms with Crippen molar-refractivity contribution in [1.82, 2.24) is 0 Å². The minimum Gasteiger partial charge on any atom is -0.454 e. The fourth-order valence-corrected chi connectivity index (χ4v) is 2.99. The van der Waals surface area contributed by atoms with Gasteiger partial charge in [0.25, 0.3) is 0 Å². The van der Waals surface area contributed by atoms with Gasteiger partial charge in [-0.15, -0.1) is 12.4 Å². The van der Waals surface area contributed by atoms with Crippen LogP contribution in [0.15, 0.2) is 18.2 Å². The smallest absolute Gasteiger partial charge is 0.231 e. The zero-order chi connectivity index (χ0) is 14.2. The van der Waals surface area contributed by atoms with Gasteiger partial charge in [-0.2, -0.15) is 0 Å². The Morgan fingerprint density at radius 3 is 2.86 bits per heavy atom. The molecule has 1 saturated carbocycles. The minimum absolute atomic E-state index is 0. The summed E-state index contributed by atoms with van der Waals surface area (Å²) in [6, 6.07) is 5.42. The Balaban J connectivity index is 0.00000161. The molecule has 1 aromatic carbocycles. The van der Waals surface area contributed by atoms with Crippen LogP contribution in [0.5, 0.6) is 11.5 Å². The van der Waals surface area contributed by atoms with E-state index in [1.807, 2.05) is 13.0 Å². The summed E-state index contributed by atoms with van der Waals surface area (Å²) in [6.07, 6.45) is 3.91. The van der Waals surface area contributed by atoms with Crippen LogP contribution in [0.3, 0.4) is 0 Å². The van der Waals surface area contributed by atoms with Gasteiger partial charge in [0.2, 0.25) is 12.7 Å². The van der Waals surface area contributed by atoms with Crippen LogP contribution in [0.4, 0.5) is 5.69 Å². The topological polar surface area (TPSA) is 73.6 Å². The zero-order valence-electron chi connectivity index (χ0n) is 12.1. The van der Waals surface area contributed by atoms with Crippen molar-refractivity contribution >= 4 is 24.0 Å². The van der Waals surface area contributed by atoms with Crippen LogP contribution in [-0.4, -0.2) is 18.2 Å². The standard InChI is InChI=1S/C15H20N2O3.ClH/c1-15(16)7-3-2-4-11(15)14(18)17-10-5-6-12-13(8-10)20-9-19-12;/h5-6,8,11H,2-4,7,9,16H2,1H3,(H,17,18);1H. The number of amides is 1. The Hall–Kier alpha value is -1.46. The number of hydrogen-bond acceptors (Lipinski definition) is 4. The fraction of sp³-hybridized carbons (Fsp3) is 0.533. The first kappa shape index (κ1) is 15.9. The number of benzene rings is 1. The average molecular weight is 313 g/mol. The van der Waals surface area contributed by atoms with Gasteiger partial charge in [0, 0.05) is 17.3 Å². The number of fused-ring (bicyclic) bond motifs is 1. The van der Waals surface area contributed by atoms with Crippen molar-refractivity contribution in [2.75, 3.05) is 12.1 Å². The minimum atomic E-state index is -0.418. The summed E-state index contributed by atoms with van der Waals surface area (Å²) >= 11 is 0. The molecule has 1 heterocycles. The van der Waals surface area contributed by atoms with Gasteiger partial charge in [0.1, 0.15) is 0 Å². The van der Waals surface area contributed by atoms with Crippen LogP contribution in [0.25, 0.3) is 0 Å². The predicted molar refractivity (Wildman–Crippen MR) is 83.0 cm³/mol. The molecule has 116 valence electrons. The molecule has 2 aliphatic rings. The largest absolute Gasteiger partial charge is 0.454 e. The van der Waals surface area contributed by atoms with Crippen molar-refractivity contribution in [3.05, 3.63) is 18.2 Å². The SMILES string of the molecule is CC1(N)CCCCC1C(=O)Nc1ccc2c(c1)OCO2.Cl. The van der Waals surface area contributed by atoms with Crippen LogP contribution in [-0.2, 0) is 4.79 Å². The molecule has 6 heteroatoms. The van der Waals surface area contributed by atoms with Crippen molar-refractivity contribution in [1.29, 1.82) is 0 Å². The van der Waals surface area contributed by atoms with E-state index >= 15 is 0 Å². The van der Waals surface area contributed by atoms with E-state index in [0.717, 1.165) is 31.4 Å². The van der Waals surface area contributed by atoms with Crippen molar-refractivity contribution in [3.63, 3.8) is 0 Å². The summed E-state index contributed by atoms with van der Waals surface area (Å²) < 4.78 is 10.6. The molecule has 0 aromatic heterocycles. The van der Waals surface area contributed by atoms with E-state index in [4.69, 9.17) is 15.2 Å². The van der Waals surface area contributed by atoms with Crippen LogP contribution < -0.4 is 20.5 Å². The van der Waals surface area contributed by atoms with E-state index in [0.29, 0.717) is 11.5 Å². The lowest BCUT2D eigenvalue weighted by molar-refractivity contribution is -0.122. The molecule has 0 radical (unpaired) electrons. The van der Waals surface area contributed by atoms with Gasteiger partial charge in [0.05, 0.1) is 5.92 Å². The molecule has 0 saturated heterocycles. The molecule has 3 rings (SSSR count). The molecule has 1 aromatic rings. The molecule has 0 spiro atoms. The molecule has 1 amide bonds. The third-order valence-electron chi connectivity index (χ3n) is 4.21. The second kappa shape index (κ2) is 6.12. The number of nitrogens with two attached hydrogens (primary N) is 1. The molecule has 1 aliphatic carbocycles. The Kier molecular flexibility index (Phi) is 4.64. The Morgan fingerprint density at radius 2 is 2.10 bits per heavy atom. The number of nitrogens with one attached hydrogen (secondary N) is 1. The Labute approximate surface area is 130 Å². The first-order valence-electron chi connectivity index (χ1n) is 7.06. The number of halogens is 1. The maximum Gasteiger partial charge on any atom is 0.231 e. The maximum atomic E-state index is 12.4. The molecule has 0 bridgehead atoms. The lowest BCUT2D eigenvalue weighted by Crippen LogP contribution is -2.51. The highest BCUT2D eigenvalue weighted by atomic mass is 35.5. The van der Waals surface area contributed by atoms with Crippen molar-refractivity contribution in [2.24, 2.45) is 11.7 Å². The van der Waals surface area contributed by atoms with E-state index in [9.17, 15) is 4.79 Å². The number of rotatable bonds is 2. The third-order valence-corrected chi connectivity index (χ3v) is 4.21. The van der Waals surface area contributed by atoms with E-state index < -0.39 is 5.54 Å². The van der Waals surface area contributed by atoms with Crippen molar-refractivity contribution in [3.8, 4) is 11.5 Å². The zero-order valence-corrected chi connectivity index (χ0v) is 12.9. The molecule has 1 aliphatic heterocycles. The van der Waals surface area contributed by atoms with Crippen LogP contribution in [0.2, 0.25) is 0 Å². The van der Waals surface area contributed by atoms with Gasteiger partial charge in [-0.25, -0.2) is 0 Å². The van der Waals surface area contributed by atoms with E-state index in [1.54, 1.807) is 12.1 Å². The van der Waals surface area contributed by atoms with E-state index in [-0.39, 0.29) is 31.0 Å². The molecule has 5 nitrogen and oxygen atoms in total. The van der Waals surface area contributed by atoms with Crippen molar-refractivity contribution < 1.29 is 14.3 Å². The average Bonchev–Trinajstić information content (AvgIpc) is 2.85. The molecule has 3 N–H and O–H groups in total. The summed E-state index contributed by atoms with van der Waals surface area (Å²) in [5, 5.41) is 2.94. The molecule has 2 atom stereocenters. The van der Waals surface area contributed by atoms with Crippen LogP contribution in [0, 0.1) is 5.92 Å². The summed E-state index contributed by atoms with van der Waals surface area (Å²) in [4.78, 5) is 12.4. The normalized spacial score (nSPS) is 26.9. The quantitative estimate of drug-likeness (QED) is 0.880. The highest BCUT2D eigenvalue weighted by Crippen LogP contribution is 2.36. The first-order chi connectivity index (χ1) is 9.56. The van der Waals surface area contributed by atoms with Gasteiger partial charge in [-0.3, -0.25) is 4.79 Å². The van der Waals surface area contributed by atoms with E-state index in [1.165, 1.54) is 0 Å². The monoisotopic (exact) mass is 312 g/mol. The molecule has 2 unspecified atom stereocenters. The van der Waals surface area contributed by atoms with Gasteiger partial charge < -0.3 is 20.5 Å². The molecule has 1 fully saturated rings. The number of carbonyl (C=O) groups excluding carboxylic acids is 1. The van der Waals surface area contributed by atoms with Gasteiger partial charge in [-0.1, -0.05) is 12.8 Å². The Bertz CT molecular complexity index is 534. The Morgan fingerprint density at radius 1 is 1.33 bits per heavy atom. The molecular weight excluding hydrogens is 292 g/mol. The van der Waals surface area contributed by atoms with Gasteiger partial charge >= 0.3 is 0 Å². The lowest BCUT2D eigenvalue weighted by Gasteiger charge is -2.37. The first-order valence-corrected chi connectivity index (χ1v) is 7.06. The lowest BCUT2D eigenvalue weighted by atomic mass is 9.74. The van der Waals surface area contributed by atoms with Crippen LogP contribution in [0.1, 0.15) is 32.6 Å². The van der Waals surface area contributed by atoms with Gasteiger partial charge in [0.15, 0.2) is 11.5 Å². The van der Waals surface area contributed by atoms with Crippen LogP contribution >= 0.6 is 12.4 Å². The highest BCUT2D eigenvalue weighted by Gasteiger charge is 2.37. The second-order valence-electron chi connectivity index (χ2n) is 5.86.